The number of nitrogens with zero attached hydrogens (tertiary/aromatic N) is 1. The predicted molar refractivity (Wildman–Crippen MR) is 57.3 cm³/mol. The van der Waals surface area contributed by atoms with Crippen molar-refractivity contribution in [2.45, 2.75) is 11.1 Å². The highest BCUT2D eigenvalue weighted by atomic mass is 35.5. The molecule has 1 rings (SSSR count). The third kappa shape index (κ3) is 3.39. The van der Waals surface area contributed by atoms with E-state index in [2.05, 4.69) is 9.82 Å². The quantitative estimate of drug-likeness (QED) is 0.728. The van der Waals surface area contributed by atoms with Gasteiger partial charge in [-0.05, 0) is 6.92 Å². The highest BCUT2D eigenvalue weighted by Crippen LogP contribution is 2.26. The maximum absolute atomic E-state index is 11.6. The highest BCUT2D eigenvalue weighted by molar-refractivity contribution is 7.91. The Hall–Kier alpha value is -0.740. The Morgan fingerprint density at radius 1 is 1.69 bits per heavy atom. The van der Waals surface area contributed by atoms with Crippen molar-refractivity contribution >= 4 is 38.9 Å². The Balaban J connectivity index is 2.78. The van der Waals surface area contributed by atoms with Gasteiger partial charge in [-0.15, -0.1) is 0 Å². The minimum Gasteiger partial charge on any atom is -0.368 e. The average Bonchev–Trinajstić information content (AvgIpc) is 2.44. The molecule has 1 amide bonds. The molecule has 0 bridgehead atoms. The molecule has 0 aliphatic heterocycles. The largest absolute Gasteiger partial charge is 0.368 e. The second kappa shape index (κ2) is 5.06. The van der Waals surface area contributed by atoms with Crippen LogP contribution >= 0.6 is 22.9 Å². The molecule has 0 fully saturated rings. The molecular weight excluding hydrogens is 278 g/mol. The Bertz CT molecular complexity index is 498. The highest BCUT2D eigenvalue weighted by Gasteiger charge is 2.21. The van der Waals surface area contributed by atoms with Crippen molar-refractivity contribution in [3.8, 4) is 0 Å². The minimum absolute atomic E-state index is 0.0676. The molecule has 1 aromatic rings. The van der Waals surface area contributed by atoms with Crippen molar-refractivity contribution in [1.82, 2.24) is 9.87 Å². The maximum Gasteiger partial charge on any atom is 0.273 e. The van der Waals surface area contributed by atoms with Crippen LogP contribution in [0.15, 0.2) is 4.21 Å². The summed E-state index contributed by atoms with van der Waals surface area (Å²) in [6.45, 7) is 0.940. The SMILES string of the molecule is Cc1nc(Cl)sc1S(=O)(=O)NOCC(N)=O. The molecule has 0 saturated carbocycles. The predicted octanol–water partition coefficient (Wildman–Crippen LogP) is -0.200. The normalized spacial score (nSPS) is 11.6. The number of hydrogen-bond acceptors (Lipinski definition) is 6. The summed E-state index contributed by atoms with van der Waals surface area (Å²) in [4.78, 5) is 20.2. The van der Waals surface area contributed by atoms with Gasteiger partial charge in [-0.25, -0.2) is 13.4 Å². The number of carbonyl (C=O) groups excluding carboxylic acids is 1. The van der Waals surface area contributed by atoms with Crippen molar-refractivity contribution in [3.63, 3.8) is 0 Å². The molecular formula is C6H8ClN3O4S2. The van der Waals surface area contributed by atoms with Gasteiger partial charge in [0.1, 0.15) is 6.61 Å². The topological polar surface area (TPSA) is 111 Å². The lowest BCUT2D eigenvalue weighted by Gasteiger charge is -2.03. The van der Waals surface area contributed by atoms with Gasteiger partial charge in [0.05, 0.1) is 5.69 Å². The Morgan fingerprint density at radius 3 is 2.75 bits per heavy atom. The van der Waals surface area contributed by atoms with Crippen molar-refractivity contribution < 1.29 is 18.0 Å². The van der Waals surface area contributed by atoms with Gasteiger partial charge in [-0.2, -0.15) is 0 Å². The fraction of sp³-hybridized carbons (Fsp3) is 0.333. The number of nitrogens with two attached hydrogens (primary N) is 1. The van der Waals surface area contributed by atoms with Crippen LogP contribution in [0.25, 0.3) is 0 Å². The lowest BCUT2D eigenvalue weighted by atomic mass is 10.6. The summed E-state index contributed by atoms with van der Waals surface area (Å²) in [5, 5.41) is 0. The molecule has 0 aliphatic carbocycles. The van der Waals surface area contributed by atoms with Crippen LogP contribution in [-0.2, 0) is 19.7 Å². The minimum atomic E-state index is -3.87. The summed E-state index contributed by atoms with van der Waals surface area (Å²) in [6, 6.07) is 0. The number of halogens is 1. The van der Waals surface area contributed by atoms with Crippen LogP contribution in [0.4, 0.5) is 0 Å². The van der Waals surface area contributed by atoms with E-state index < -0.39 is 22.5 Å². The van der Waals surface area contributed by atoms with Gasteiger partial charge in [0.2, 0.25) is 5.91 Å². The van der Waals surface area contributed by atoms with Crippen molar-refractivity contribution in [1.29, 1.82) is 0 Å². The number of aryl methyl sites for hydroxylation is 1. The number of sulfonamides is 1. The molecule has 3 N–H and O–H groups in total. The molecule has 16 heavy (non-hydrogen) atoms. The maximum atomic E-state index is 11.6. The molecule has 7 nitrogen and oxygen atoms in total. The summed E-state index contributed by atoms with van der Waals surface area (Å²) in [6.07, 6.45) is 0. The van der Waals surface area contributed by atoms with Crippen molar-refractivity contribution in [3.05, 3.63) is 10.2 Å². The Labute approximate surface area is 101 Å². The molecule has 0 aliphatic rings. The smallest absolute Gasteiger partial charge is 0.273 e. The first kappa shape index (κ1) is 13.3. The first-order valence-corrected chi connectivity index (χ1v) is 6.55. The second-order valence-electron chi connectivity index (χ2n) is 2.68. The van der Waals surface area contributed by atoms with E-state index >= 15 is 0 Å². The number of carbonyl (C=O) groups is 1. The van der Waals surface area contributed by atoms with Crippen LogP contribution in [0.3, 0.4) is 0 Å². The zero-order valence-corrected chi connectivity index (χ0v) is 10.4. The van der Waals surface area contributed by atoms with E-state index in [-0.39, 0.29) is 14.4 Å². The summed E-state index contributed by atoms with van der Waals surface area (Å²) >= 11 is 6.34. The van der Waals surface area contributed by atoms with E-state index in [0.29, 0.717) is 0 Å². The van der Waals surface area contributed by atoms with Crippen LogP contribution in [0.2, 0.25) is 4.47 Å². The van der Waals surface area contributed by atoms with Gasteiger partial charge in [-0.3, -0.25) is 9.63 Å². The summed E-state index contributed by atoms with van der Waals surface area (Å²) in [5.41, 5.74) is 5.02. The molecule has 0 saturated heterocycles. The van der Waals surface area contributed by atoms with Crippen molar-refractivity contribution in [2.75, 3.05) is 6.61 Å². The van der Waals surface area contributed by atoms with Gasteiger partial charge in [0, 0.05) is 0 Å². The van der Waals surface area contributed by atoms with Gasteiger partial charge < -0.3 is 5.73 Å². The first-order chi connectivity index (χ1) is 7.33. The number of aromatic nitrogens is 1. The number of amides is 1. The molecule has 1 heterocycles. The van der Waals surface area contributed by atoms with E-state index in [1.165, 1.54) is 6.92 Å². The standard InChI is InChI=1S/C6H8ClN3O4S2/c1-3-5(15-6(7)9-3)16(12,13)10-14-2-4(8)11/h10H,2H2,1H3,(H2,8,11). The third-order valence-corrected chi connectivity index (χ3v) is 4.44. The number of rotatable bonds is 5. The summed E-state index contributed by atoms with van der Waals surface area (Å²) in [5.74, 6) is -0.790. The lowest BCUT2D eigenvalue weighted by molar-refractivity contribution is -0.123. The number of primary amides is 1. The number of nitrogens with one attached hydrogen (secondary N) is 1. The second-order valence-corrected chi connectivity index (χ2v) is 6.10. The molecule has 0 atom stereocenters. The van der Waals surface area contributed by atoms with E-state index in [4.69, 9.17) is 17.3 Å². The molecule has 10 heteroatoms. The van der Waals surface area contributed by atoms with E-state index in [9.17, 15) is 13.2 Å². The molecule has 1 aromatic heterocycles. The summed E-state index contributed by atoms with van der Waals surface area (Å²) < 4.78 is 23.2. The molecule has 0 spiro atoms. The fourth-order valence-corrected chi connectivity index (χ4v) is 3.34. The van der Waals surface area contributed by atoms with Crippen LogP contribution in [0.5, 0.6) is 0 Å². The zero-order valence-electron chi connectivity index (χ0n) is 8.06. The molecule has 90 valence electrons. The first-order valence-electron chi connectivity index (χ1n) is 3.88. The van der Waals surface area contributed by atoms with Crippen molar-refractivity contribution in [2.24, 2.45) is 5.73 Å². The van der Waals surface area contributed by atoms with E-state index in [1.54, 1.807) is 4.89 Å². The Morgan fingerprint density at radius 2 is 2.31 bits per heavy atom. The number of thiazole rings is 1. The zero-order chi connectivity index (χ0) is 12.3. The van der Waals surface area contributed by atoms with Gasteiger partial charge in [0.25, 0.3) is 10.0 Å². The number of hydrogen-bond donors (Lipinski definition) is 2. The fourth-order valence-electron chi connectivity index (χ4n) is 0.816. The summed E-state index contributed by atoms with van der Waals surface area (Å²) in [7, 11) is -3.87. The van der Waals surface area contributed by atoms with Crippen LogP contribution < -0.4 is 10.6 Å². The molecule has 0 unspecified atom stereocenters. The third-order valence-electron chi connectivity index (χ3n) is 1.36. The van der Waals surface area contributed by atoms with Gasteiger partial charge >= 0.3 is 0 Å². The monoisotopic (exact) mass is 285 g/mol. The van der Waals surface area contributed by atoms with Crippen LogP contribution in [0.1, 0.15) is 5.69 Å². The van der Waals surface area contributed by atoms with Crippen LogP contribution in [-0.4, -0.2) is 25.9 Å². The van der Waals surface area contributed by atoms with Gasteiger partial charge in [-0.1, -0.05) is 27.8 Å². The Kier molecular flexibility index (Phi) is 4.21. The van der Waals surface area contributed by atoms with E-state index in [0.717, 1.165) is 11.3 Å². The van der Waals surface area contributed by atoms with Gasteiger partial charge in [0.15, 0.2) is 8.68 Å². The molecule has 0 radical (unpaired) electrons. The van der Waals surface area contributed by atoms with Crippen LogP contribution in [0, 0.1) is 6.92 Å². The van der Waals surface area contributed by atoms with E-state index in [1.807, 2.05) is 0 Å². The lowest BCUT2D eigenvalue weighted by Crippen LogP contribution is -2.29. The average molecular weight is 286 g/mol. The molecule has 0 aromatic carbocycles.